The van der Waals surface area contributed by atoms with E-state index in [4.69, 9.17) is 18.9 Å². The van der Waals surface area contributed by atoms with E-state index in [1.54, 1.807) is 39.8 Å². The molecule has 9 atom stereocenters. The number of aliphatic hydroxyl groups is 2. The number of hydrazone groups is 1. The van der Waals surface area contributed by atoms with Crippen molar-refractivity contribution < 1.29 is 58.9 Å². The van der Waals surface area contributed by atoms with Crippen LogP contribution in [-0.2, 0) is 23.8 Å². The molecule has 1 saturated heterocycles. The summed E-state index contributed by atoms with van der Waals surface area (Å²) in [5, 5.41) is 67.6. The lowest BCUT2D eigenvalue weighted by atomic mass is 9.78. The smallest absolute Gasteiger partial charge is 0.312 e. The van der Waals surface area contributed by atoms with Crippen molar-refractivity contribution in [1.82, 2.24) is 9.91 Å². The fourth-order valence-electron chi connectivity index (χ4n) is 9.47. The van der Waals surface area contributed by atoms with Gasteiger partial charge in [0.1, 0.15) is 23.4 Å². The molecular weight excluding hydrogens is 813 g/mol. The van der Waals surface area contributed by atoms with Gasteiger partial charge >= 0.3 is 11.8 Å². The van der Waals surface area contributed by atoms with Crippen LogP contribution in [-0.4, -0.2) is 129 Å². The molecule has 1 aliphatic carbocycles. The molecule has 6 N–H and O–H groups in total. The van der Waals surface area contributed by atoms with Crippen LogP contribution < -0.4 is 10.1 Å². The number of rotatable bonds is 5. The standard InChI is InChI=1S/C47H64N4O12/c1-24-13-12-14-25(2)46(59)49-37-32(23-48-51-20-18-50(19-21-51)31-15-10-11-16-31)41(56)34-35(42(37)57)40(55)29(6)44-36(34)45(58)47(8,63-44)61-22-17-33(60-9)26(3)43(62-30(7)52)28(5)39(54)27(4)38(24)53/h12-14,17,22-24,26-28,31,33,38-39,43,53-57H,10-11,15-16,18-21H2,1-9H3,(H,49,59)/b13-12?,22-17?,25-14-,48-23+/t24-,26+,27+,28+,33-,38-,39+,43+,47-/m0/s1. The van der Waals surface area contributed by atoms with Crippen LogP contribution in [0.2, 0.25) is 0 Å². The zero-order valence-electron chi connectivity index (χ0n) is 37.8. The Morgan fingerprint density at radius 2 is 1.59 bits per heavy atom. The third-order valence-electron chi connectivity index (χ3n) is 13.5. The zero-order chi connectivity index (χ0) is 46.1. The van der Waals surface area contributed by atoms with E-state index in [0.29, 0.717) is 19.1 Å². The highest BCUT2D eigenvalue weighted by molar-refractivity contribution is 6.23. The number of amides is 1. The number of phenolic OH excluding ortho intramolecular Hbond substituents is 3. The van der Waals surface area contributed by atoms with Crippen LogP contribution in [0.4, 0.5) is 5.69 Å². The SMILES string of the molecule is CO[C@H]1C=CO[C@@]2(C)Oc3c(C)c(O)c4c(O)c(c(/C=N/N5CCN(C6CCCC6)CC5)c(O)c4c3C2=O)NC(=O)/C(C)=C\C=C[C@H](C)[C@H](O)[C@@H](C)[C@@H](O)[C@@H](C)[C@H](OC(C)=O)[C@@H]1C. The number of carbonyl (C=O) groups is 3. The minimum absolute atomic E-state index is 0.0631. The lowest BCUT2D eigenvalue weighted by Crippen LogP contribution is -2.47. The molecule has 7 rings (SSSR count). The lowest BCUT2D eigenvalue weighted by Gasteiger charge is -2.38. The minimum Gasteiger partial charge on any atom is -0.507 e. The molecule has 344 valence electrons. The second kappa shape index (κ2) is 19.3. The minimum atomic E-state index is -2.04. The van der Waals surface area contributed by atoms with Gasteiger partial charge in [0.05, 0.1) is 53.0 Å². The molecule has 0 unspecified atom stereocenters. The summed E-state index contributed by atoms with van der Waals surface area (Å²) in [6, 6.07) is 0.553. The Hall–Kier alpha value is -5.16. The van der Waals surface area contributed by atoms with Gasteiger partial charge in [-0.1, -0.05) is 58.8 Å². The van der Waals surface area contributed by atoms with Crippen LogP contribution in [0.25, 0.3) is 10.8 Å². The Morgan fingerprint density at radius 3 is 2.22 bits per heavy atom. The number of methoxy groups -OCH3 is 1. The number of anilines is 1. The molecule has 1 saturated carbocycles. The molecule has 4 heterocycles. The normalized spacial score (nSPS) is 31.3. The molecule has 16 nitrogen and oxygen atoms in total. The summed E-state index contributed by atoms with van der Waals surface area (Å²) in [6.45, 7) is 15.4. The molecule has 4 aliphatic heterocycles. The van der Waals surface area contributed by atoms with Crippen LogP contribution in [0, 0.1) is 30.6 Å². The number of ether oxygens (including phenoxy) is 4. The number of ketones is 1. The van der Waals surface area contributed by atoms with Crippen molar-refractivity contribution in [2.75, 3.05) is 38.6 Å². The number of aromatic hydroxyl groups is 3. The topological polar surface area (TPSA) is 220 Å². The number of hydrogen-bond donors (Lipinski definition) is 6. The van der Waals surface area contributed by atoms with Crippen molar-refractivity contribution in [1.29, 1.82) is 0 Å². The van der Waals surface area contributed by atoms with Gasteiger partial charge in [0.25, 0.3) is 11.7 Å². The largest absolute Gasteiger partial charge is 0.507 e. The number of nitrogens with zero attached hydrogens (tertiary/aromatic N) is 3. The van der Waals surface area contributed by atoms with Crippen LogP contribution in [0.3, 0.4) is 0 Å². The molecule has 63 heavy (non-hydrogen) atoms. The summed E-state index contributed by atoms with van der Waals surface area (Å²) in [5.41, 5.74) is -0.293. The monoisotopic (exact) mass is 876 g/mol. The average Bonchev–Trinajstić information content (AvgIpc) is 3.89. The van der Waals surface area contributed by atoms with E-state index in [9.17, 15) is 39.9 Å². The molecule has 0 spiro atoms. The van der Waals surface area contributed by atoms with Crippen molar-refractivity contribution in [3.8, 4) is 23.0 Å². The quantitative estimate of drug-likeness (QED) is 0.0926. The first-order valence-electron chi connectivity index (χ1n) is 21.9. The number of esters is 1. The predicted molar refractivity (Wildman–Crippen MR) is 237 cm³/mol. The van der Waals surface area contributed by atoms with Gasteiger partial charge in [-0.3, -0.25) is 24.3 Å². The third-order valence-corrected chi connectivity index (χ3v) is 13.5. The van der Waals surface area contributed by atoms with E-state index in [1.165, 1.54) is 85.1 Å². The number of fused-ring (bicyclic) bond motifs is 14. The number of phenols is 3. The zero-order valence-corrected chi connectivity index (χ0v) is 37.8. The number of aliphatic hydroxyl groups excluding tert-OH is 2. The fraction of sp³-hybridized carbons (Fsp3) is 0.574. The number of benzene rings is 2. The molecule has 1 amide bonds. The molecule has 2 fully saturated rings. The number of hydrogen-bond acceptors (Lipinski definition) is 15. The molecule has 2 aromatic rings. The Morgan fingerprint density at radius 1 is 0.921 bits per heavy atom. The van der Waals surface area contributed by atoms with E-state index in [1.807, 2.05) is 5.01 Å². The highest BCUT2D eigenvalue weighted by atomic mass is 16.7. The number of allylic oxidation sites excluding steroid dienone is 2. The van der Waals surface area contributed by atoms with Gasteiger partial charge in [-0.25, -0.2) is 0 Å². The molecular formula is C47H64N4O12. The number of piperazine rings is 1. The first-order valence-corrected chi connectivity index (χ1v) is 21.9. The van der Waals surface area contributed by atoms with Crippen molar-refractivity contribution in [2.24, 2.45) is 28.8 Å². The molecule has 5 bridgehead atoms. The Kier molecular flexibility index (Phi) is 14.5. The first kappa shape index (κ1) is 47.3. The maximum atomic E-state index is 14.5. The van der Waals surface area contributed by atoms with Gasteiger partial charge in [-0.05, 0) is 32.8 Å². The summed E-state index contributed by atoms with van der Waals surface area (Å²) in [7, 11) is 1.44. The van der Waals surface area contributed by atoms with Crippen LogP contribution in [0.5, 0.6) is 23.0 Å². The number of nitrogens with one attached hydrogen (secondary N) is 1. The first-order chi connectivity index (χ1) is 29.8. The molecule has 0 radical (unpaired) electrons. The van der Waals surface area contributed by atoms with Gasteiger partial charge in [0, 0.05) is 93.4 Å². The molecule has 2 aromatic carbocycles. The van der Waals surface area contributed by atoms with E-state index < -0.39 is 88.8 Å². The number of carbonyl (C=O) groups excluding carboxylic acids is 3. The Balaban J connectivity index is 1.47. The highest BCUT2D eigenvalue weighted by Gasteiger charge is 2.50. The average molecular weight is 877 g/mol. The molecule has 5 aliphatic rings. The highest BCUT2D eigenvalue weighted by Crippen LogP contribution is 2.55. The van der Waals surface area contributed by atoms with Gasteiger partial charge in [-0.15, -0.1) is 0 Å². The van der Waals surface area contributed by atoms with E-state index in [2.05, 4.69) is 15.3 Å². The fourth-order valence-corrected chi connectivity index (χ4v) is 9.47. The van der Waals surface area contributed by atoms with E-state index >= 15 is 0 Å². The molecule has 16 heteroatoms. The maximum absolute atomic E-state index is 14.5. The summed E-state index contributed by atoms with van der Waals surface area (Å²) < 4.78 is 23.7. The van der Waals surface area contributed by atoms with Crippen LogP contribution in [0.1, 0.15) is 95.6 Å². The molecule has 0 aromatic heterocycles. The summed E-state index contributed by atoms with van der Waals surface area (Å²) in [5.74, 6) is -8.28. The van der Waals surface area contributed by atoms with Gasteiger partial charge < -0.3 is 49.8 Å². The van der Waals surface area contributed by atoms with Crippen molar-refractivity contribution in [3.05, 3.63) is 52.8 Å². The number of Topliss-reactive ketones (excluding diaryl/α,β-unsaturated/α-hetero) is 1. The maximum Gasteiger partial charge on any atom is 0.312 e. The second-order valence-electron chi connectivity index (χ2n) is 17.8. The third kappa shape index (κ3) is 9.40. The van der Waals surface area contributed by atoms with Crippen molar-refractivity contribution in [3.63, 3.8) is 0 Å². The van der Waals surface area contributed by atoms with Crippen LogP contribution >= 0.6 is 0 Å². The van der Waals surface area contributed by atoms with Crippen molar-refractivity contribution >= 4 is 40.3 Å². The predicted octanol–water partition coefficient (Wildman–Crippen LogP) is 5.65. The summed E-state index contributed by atoms with van der Waals surface area (Å²) in [6.07, 6.45) is 9.75. The second-order valence-corrected chi connectivity index (χ2v) is 17.8. The van der Waals surface area contributed by atoms with Crippen molar-refractivity contribution in [2.45, 2.75) is 117 Å². The van der Waals surface area contributed by atoms with E-state index in [-0.39, 0.29) is 44.5 Å². The van der Waals surface area contributed by atoms with Gasteiger partial charge in [-0.2, -0.15) is 5.10 Å². The summed E-state index contributed by atoms with van der Waals surface area (Å²) in [4.78, 5) is 43.2. The summed E-state index contributed by atoms with van der Waals surface area (Å²) >= 11 is 0. The lowest BCUT2D eigenvalue weighted by molar-refractivity contribution is -0.160. The van der Waals surface area contributed by atoms with Gasteiger partial charge in [0.15, 0.2) is 5.75 Å². The van der Waals surface area contributed by atoms with Gasteiger partial charge in [0.2, 0.25) is 0 Å². The Labute approximate surface area is 368 Å². The van der Waals surface area contributed by atoms with Crippen LogP contribution in [0.15, 0.2) is 41.2 Å². The van der Waals surface area contributed by atoms with E-state index in [0.717, 1.165) is 13.1 Å². The Bertz CT molecular complexity index is 2190.